The van der Waals surface area contributed by atoms with Crippen LogP contribution < -0.4 is 10.1 Å². The number of nitrogens with one attached hydrogen (secondary N) is 1. The third kappa shape index (κ3) is 1.20. The first-order valence-corrected chi connectivity index (χ1v) is 6.05. The molecule has 1 N–H and O–H groups in total. The number of rotatable bonds is 0. The van der Waals surface area contributed by atoms with Gasteiger partial charge in [0.25, 0.3) is 0 Å². The number of hydrogen-bond acceptors (Lipinski definition) is 2. The zero-order chi connectivity index (χ0) is 12.4. The Hall–Kier alpha value is -1.51. The summed E-state index contributed by atoms with van der Waals surface area (Å²) in [5.74, 6) is 1.41. The molecule has 3 heteroatoms. The second kappa shape index (κ2) is 3.03. The summed E-state index contributed by atoms with van der Waals surface area (Å²) in [5.41, 5.74) is 3.88. The zero-order valence-corrected chi connectivity index (χ0v) is 10.7. The minimum atomic E-state index is -0.491. The minimum Gasteiger partial charge on any atom is -0.492 e. The molecular weight excluding hydrogens is 214 g/mol. The van der Waals surface area contributed by atoms with Gasteiger partial charge in [-0.3, -0.25) is 4.79 Å². The summed E-state index contributed by atoms with van der Waals surface area (Å²) in [6.45, 7) is 8.84. The number of carbonyl (C=O) groups excluding carboxylic acids is 1. The van der Waals surface area contributed by atoms with Gasteiger partial charge in [0, 0.05) is 17.0 Å². The van der Waals surface area contributed by atoms with E-state index in [0.29, 0.717) is 5.92 Å². The molecule has 1 aromatic carbocycles. The predicted octanol–water partition coefficient (Wildman–Crippen LogP) is 2.72. The van der Waals surface area contributed by atoms with Gasteiger partial charge < -0.3 is 10.1 Å². The fourth-order valence-corrected chi connectivity index (χ4v) is 2.79. The molecule has 0 aliphatic carbocycles. The lowest BCUT2D eigenvalue weighted by molar-refractivity contribution is -0.119. The largest absolute Gasteiger partial charge is 0.492 e. The van der Waals surface area contributed by atoms with E-state index in [1.165, 1.54) is 5.56 Å². The van der Waals surface area contributed by atoms with Crippen LogP contribution in [0.1, 0.15) is 43.4 Å². The van der Waals surface area contributed by atoms with Crippen molar-refractivity contribution in [3.05, 3.63) is 22.8 Å². The van der Waals surface area contributed by atoms with Crippen LogP contribution in [-0.2, 0) is 10.2 Å². The molecule has 2 heterocycles. The van der Waals surface area contributed by atoms with Gasteiger partial charge in [-0.1, -0.05) is 6.92 Å². The van der Waals surface area contributed by atoms with Gasteiger partial charge in [0.2, 0.25) is 5.91 Å². The lowest BCUT2D eigenvalue weighted by Gasteiger charge is -2.18. The van der Waals surface area contributed by atoms with Gasteiger partial charge in [0.15, 0.2) is 0 Å². The van der Waals surface area contributed by atoms with Gasteiger partial charge in [-0.25, -0.2) is 0 Å². The summed E-state index contributed by atoms with van der Waals surface area (Å²) in [5, 5.41) is 2.98. The van der Waals surface area contributed by atoms with Crippen LogP contribution in [0.4, 0.5) is 5.69 Å². The van der Waals surface area contributed by atoms with Crippen molar-refractivity contribution in [2.24, 2.45) is 0 Å². The number of hydrogen-bond donors (Lipinski definition) is 1. The summed E-state index contributed by atoms with van der Waals surface area (Å²) in [6.07, 6.45) is 0. The maximum absolute atomic E-state index is 12.0. The monoisotopic (exact) mass is 231 g/mol. The fraction of sp³-hybridized carbons (Fsp3) is 0.500. The SMILES string of the molecule is Cc1cc2c(c3c1NC(=O)C3(C)C)OCC2C. The molecule has 0 radical (unpaired) electrons. The topological polar surface area (TPSA) is 38.3 Å². The maximum atomic E-state index is 12.0. The molecule has 2 aliphatic rings. The normalized spacial score (nSPS) is 24.0. The lowest BCUT2D eigenvalue weighted by atomic mass is 9.83. The number of aryl methyl sites for hydroxylation is 1. The molecular formula is C14H17NO2. The molecule has 17 heavy (non-hydrogen) atoms. The first-order valence-electron chi connectivity index (χ1n) is 6.05. The van der Waals surface area contributed by atoms with Crippen molar-refractivity contribution in [1.29, 1.82) is 0 Å². The van der Waals surface area contributed by atoms with Crippen LogP contribution in [0.2, 0.25) is 0 Å². The molecule has 0 spiro atoms. The Balaban J connectivity index is 2.34. The second-order valence-corrected chi connectivity index (χ2v) is 5.65. The number of fused-ring (bicyclic) bond motifs is 3. The molecule has 0 fully saturated rings. The third-order valence-corrected chi connectivity index (χ3v) is 3.95. The van der Waals surface area contributed by atoms with E-state index in [9.17, 15) is 4.79 Å². The van der Waals surface area contributed by atoms with Crippen molar-refractivity contribution in [2.75, 3.05) is 11.9 Å². The highest BCUT2D eigenvalue weighted by molar-refractivity contribution is 6.07. The first-order chi connectivity index (χ1) is 7.93. The molecule has 1 aromatic rings. The summed E-state index contributed by atoms with van der Waals surface area (Å²) in [4.78, 5) is 12.0. The Morgan fingerprint density at radius 1 is 1.47 bits per heavy atom. The van der Waals surface area contributed by atoms with Crippen molar-refractivity contribution in [3.63, 3.8) is 0 Å². The smallest absolute Gasteiger partial charge is 0.234 e. The number of carbonyl (C=O) groups is 1. The number of ether oxygens (including phenoxy) is 1. The quantitative estimate of drug-likeness (QED) is 0.745. The molecule has 90 valence electrons. The Labute approximate surface area is 101 Å². The summed E-state index contributed by atoms with van der Waals surface area (Å²) >= 11 is 0. The summed E-state index contributed by atoms with van der Waals surface area (Å²) in [6, 6.07) is 2.15. The van der Waals surface area contributed by atoms with Crippen LogP contribution in [0.25, 0.3) is 0 Å². The van der Waals surface area contributed by atoms with Crippen molar-refractivity contribution in [2.45, 2.75) is 39.0 Å². The van der Waals surface area contributed by atoms with E-state index in [1.807, 2.05) is 20.8 Å². The van der Waals surface area contributed by atoms with Gasteiger partial charge in [0.05, 0.1) is 17.7 Å². The zero-order valence-electron chi connectivity index (χ0n) is 10.7. The third-order valence-electron chi connectivity index (χ3n) is 3.95. The molecule has 2 aliphatic heterocycles. The predicted molar refractivity (Wildman–Crippen MR) is 66.7 cm³/mol. The molecule has 1 amide bonds. The van der Waals surface area contributed by atoms with E-state index in [1.54, 1.807) is 0 Å². The van der Waals surface area contributed by atoms with Gasteiger partial charge in [-0.2, -0.15) is 0 Å². The average molecular weight is 231 g/mol. The van der Waals surface area contributed by atoms with E-state index >= 15 is 0 Å². The van der Waals surface area contributed by atoms with E-state index < -0.39 is 5.41 Å². The molecule has 1 unspecified atom stereocenters. The van der Waals surface area contributed by atoms with Crippen LogP contribution in [0, 0.1) is 6.92 Å². The molecule has 1 atom stereocenters. The van der Waals surface area contributed by atoms with Crippen molar-refractivity contribution < 1.29 is 9.53 Å². The van der Waals surface area contributed by atoms with Crippen LogP contribution in [0.3, 0.4) is 0 Å². The Bertz CT molecular complexity index is 532. The van der Waals surface area contributed by atoms with Crippen molar-refractivity contribution >= 4 is 11.6 Å². The standard InChI is InChI=1S/C14H17NO2/c1-7-5-9-8(2)6-17-12(9)10-11(7)15-13(16)14(10,3)4/h5,8H,6H2,1-4H3,(H,15,16). The van der Waals surface area contributed by atoms with Gasteiger partial charge in [0.1, 0.15) is 5.75 Å². The van der Waals surface area contributed by atoms with Crippen LogP contribution in [-0.4, -0.2) is 12.5 Å². The maximum Gasteiger partial charge on any atom is 0.234 e. The van der Waals surface area contributed by atoms with E-state index in [2.05, 4.69) is 18.3 Å². The Morgan fingerprint density at radius 2 is 2.18 bits per heavy atom. The number of amides is 1. The van der Waals surface area contributed by atoms with Crippen LogP contribution >= 0.6 is 0 Å². The first kappa shape index (κ1) is 10.6. The molecule has 0 saturated heterocycles. The Kier molecular flexibility index (Phi) is 1.90. The van der Waals surface area contributed by atoms with Crippen molar-refractivity contribution in [1.82, 2.24) is 0 Å². The van der Waals surface area contributed by atoms with Gasteiger partial charge in [-0.15, -0.1) is 0 Å². The van der Waals surface area contributed by atoms with Crippen molar-refractivity contribution in [3.8, 4) is 5.75 Å². The molecule has 3 nitrogen and oxygen atoms in total. The number of anilines is 1. The highest BCUT2D eigenvalue weighted by Crippen LogP contribution is 2.50. The fourth-order valence-electron chi connectivity index (χ4n) is 2.79. The van der Waals surface area contributed by atoms with E-state index in [4.69, 9.17) is 4.74 Å². The second-order valence-electron chi connectivity index (χ2n) is 5.65. The van der Waals surface area contributed by atoms with E-state index in [-0.39, 0.29) is 5.91 Å². The molecule has 0 bridgehead atoms. The molecule has 0 saturated carbocycles. The van der Waals surface area contributed by atoms with Gasteiger partial charge >= 0.3 is 0 Å². The van der Waals surface area contributed by atoms with Crippen LogP contribution in [0.5, 0.6) is 5.75 Å². The van der Waals surface area contributed by atoms with Gasteiger partial charge in [-0.05, 0) is 32.4 Å². The summed E-state index contributed by atoms with van der Waals surface area (Å²) in [7, 11) is 0. The summed E-state index contributed by atoms with van der Waals surface area (Å²) < 4.78 is 5.80. The highest BCUT2D eigenvalue weighted by atomic mass is 16.5. The minimum absolute atomic E-state index is 0.0622. The van der Waals surface area contributed by atoms with Crippen LogP contribution in [0.15, 0.2) is 6.07 Å². The van der Waals surface area contributed by atoms with E-state index in [0.717, 1.165) is 29.2 Å². The molecule has 3 rings (SSSR count). The lowest BCUT2D eigenvalue weighted by Crippen LogP contribution is -2.27. The highest BCUT2D eigenvalue weighted by Gasteiger charge is 2.44. The number of benzene rings is 1. The molecule has 0 aromatic heterocycles. The Morgan fingerprint density at radius 3 is 2.88 bits per heavy atom. The average Bonchev–Trinajstić information content (AvgIpc) is 2.70.